The SMILES string of the molecule is CC(C)(CNC(=O)c1oc2ccccc2c1CSc1ncccn1)N1CCc2ccccc2C1. The van der Waals surface area contributed by atoms with Gasteiger partial charge in [-0.3, -0.25) is 9.69 Å². The van der Waals surface area contributed by atoms with E-state index in [4.69, 9.17) is 4.42 Å². The van der Waals surface area contributed by atoms with Crippen LogP contribution in [0.2, 0.25) is 0 Å². The summed E-state index contributed by atoms with van der Waals surface area (Å²) in [5, 5.41) is 4.76. The highest BCUT2D eigenvalue weighted by atomic mass is 32.2. The molecule has 0 atom stereocenters. The van der Waals surface area contributed by atoms with Crippen LogP contribution >= 0.6 is 11.8 Å². The molecule has 0 unspecified atom stereocenters. The molecule has 1 amide bonds. The molecule has 0 radical (unpaired) electrons. The summed E-state index contributed by atoms with van der Waals surface area (Å²) in [6.07, 6.45) is 4.47. The minimum atomic E-state index is -0.192. The summed E-state index contributed by atoms with van der Waals surface area (Å²) >= 11 is 1.49. The van der Waals surface area contributed by atoms with E-state index in [0.717, 1.165) is 30.5 Å². The number of furan rings is 1. The van der Waals surface area contributed by atoms with E-state index < -0.39 is 0 Å². The van der Waals surface area contributed by atoms with Gasteiger partial charge in [-0.1, -0.05) is 54.2 Å². The lowest BCUT2D eigenvalue weighted by Gasteiger charge is -2.41. The Morgan fingerprint density at radius 2 is 1.79 bits per heavy atom. The molecule has 34 heavy (non-hydrogen) atoms. The molecule has 1 aliphatic rings. The van der Waals surface area contributed by atoms with Gasteiger partial charge in [-0.05, 0) is 43.5 Å². The van der Waals surface area contributed by atoms with Crippen molar-refractivity contribution in [2.75, 3.05) is 13.1 Å². The topological polar surface area (TPSA) is 71.3 Å². The lowest BCUT2D eigenvalue weighted by atomic mass is 9.94. The van der Waals surface area contributed by atoms with E-state index in [1.165, 1.54) is 22.9 Å². The third-order valence-corrected chi connectivity index (χ3v) is 7.36. The van der Waals surface area contributed by atoms with Crippen molar-refractivity contribution in [3.63, 3.8) is 0 Å². The van der Waals surface area contributed by atoms with Crippen molar-refractivity contribution in [3.8, 4) is 0 Å². The molecule has 1 N–H and O–H groups in total. The molecule has 174 valence electrons. The van der Waals surface area contributed by atoms with E-state index in [-0.39, 0.29) is 11.4 Å². The van der Waals surface area contributed by atoms with Gasteiger partial charge in [-0.25, -0.2) is 9.97 Å². The zero-order chi connectivity index (χ0) is 23.5. The summed E-state index contributed by atoms with van der Waals surface area (Å²) < 4.78 is 6.03. The Kier molecular flexibility index (Phi) is 6.39. The fraction of sp³-hybridized carbons (Fsp3) is 0.296. The van der Waals surface area contributed by atoms with Crippen molar-refractivity contribution >= 4 is 28.6 Å². The number of nitrogens with one attached hydrogen (secondary N) is 1. The number of benzene rings is 2. The predicted molar refractivity (Wildman–Crippen MR) is 135 cm³/mol. The standard InChI is InChI=1S/C27H28N4O2S/c1-27(2,31-15-12-19-8-3-4-9-20(19)16-31)18-30-25(32)24-22(17-34-26-28-13-7-14-29-26)21-10-5-6-11-23(21)33-24/h3-11,13-14H,12,15-18H2,1-2H3,(H,30,32). The van der Waals surface area contributed by atoms with Gasteiger partial charge in [0.2, 0.25) is 0 Å². The van der Waals surface area contributed by atoms with Crippen LogP contribution in [0.25, 0.3) is 11.0 Å². The fourth-order valence-corrected chi connectivity index (χ4v) is 5.25. The Morgan fingerprint density at radius 3 is 2.62 bits per heavy atom. The van der Waals surface area contributed by atoms with Crippen LogP contribution in [0.3, 0.4) is 0 Å². The highest BCUT2D eigenvalue weighted by molar-refractivity contribution is 7.98. The molecular weight excluding hydrogens is 444 g/mol. The number of para-hydroxylation sites is 1. The van der Waals surface area contributed by atoms with Crippen molar-refractivity contribution in [2.24, 2.45) is 0 Å². The summed E-state index contributed by atoms with van der Waals surface area (Å²) in [7, 11) is 0. The number of aromatic nitrogens is 2. The number of hydrogen-bond donors (Lipinski definition) is 1. The van der Waals surface area contributed by atoms with E-state index in [1.54, 1.807) is 18.5 Å². The highest BCUT2D eigenvalue weighted by Crippen LogP contribution is 2.31. The normalized spacial score (nSPS) is 14.2. The molecule has 6 nitrogen and oxygen atoms in total. The third kappa shape index (κ3) is 4.72. The van der Waals surface area contributed by atoms with Gasteiger partial charge in [0.1, 0.15) is 5.58 Å². The first kappa shape index (κ1) is 22.6. The molecule has 3 heterocycles. The van der Waals surface area contributed by atoms with Gasteiger partial charge in [0.05, 0.1) is 0 Å². The number of fused-ring (bicyclic) bond motifs is 2. The van der Waals surface area contributed by atoms with Crippen molar-refractivity contribution < 1.29 is 9.21 Å². The zero-order valence-electron chi connectivity index (χ0n) is 19.5. The molecule has 0 fully saturated rings. The Morgan fingerprint density at radius 1 is 1.06 bits per heavy atom. The molecule has 4 aromatic rings. The second kappa shape index (κ2) is 9.60. The first-order chi connectivity index (χ1) is 16.5. The molecule has 2 aromatic carbocycles. The molecule has 7 heteroatoms. The Hall–Kier alpha value is -3.16. The van der Waals surface area contributed by atoms with E-state index in [1.807, 2.05) is 24.3 Å². The van der Waals surface area contributed by atoms with Gasteiger partial charge in [-0.15, -0.1) is 0 Å². The molecule has 0 saturated heterocycles. The molecule has 0 saturated carbocycles. The molecule has 2 aromatic heterocycles. The van der Waals surface area contributed by atoms with Crippen molar-refractivity contribution in [1.29, 1.82) is 0 Å². The number of carbonyl (C=O) groups is 1. The van der Waals surface area contributed by atoms with Crippen LogP contribution in [0.15, 0.2) is 76.6 Å². The number of amides is 1. The molecule has 0 aliphatic carbocycles. The maximum absolute atomic E-state index is 13.3. The Balaban J connectivity index is 1.31. The molecular formula is C27H28N4O2S. The third-order valence-electron chi connectivity index (χ3n) is 6.46. The van der Waals surface area contributed by atoms with E-state index in [2.05, 4.69) is 58.3 Å². The number of rotatable bonds is 7. The van der Waals surface area contributed by atoms with Gasteiger partial charge in [-0.2, -0.15) is 0 Å². The highest BCUT2D eigenvalue weighted by Gasteiger charge is 2.31. The molecule has 0 bridgehead atoms. The monoisotopic (exact) mass is 472 g/mol. The summed E-state index contributed by atoms with van der Waals surface area (Å²) in [6, 6.07) is 18.2. The van der Waals surface area contributed by atoms with Crippen LogP contribution < -0.4 is 5.32 Å². The maximum atomic E-state index is 13.3. The Bertz CT molecular complexity index is 1300. The van der Waals surface area contributed by atoms with Gasteiger partial charge in [0, 0.05) is 54.3 Å². The maximum Gasteiger partial charge on any atom is 0.287 e. The number of carbonyl (C=O) groups excluding carboxylic acids is 1. The van der Waals surface area contributed by atoms with Crippen LogP contribution in [-0.2, 0) is 18.7 Å². The van der Waals surface area contributed by atoms with Crippen LogP contribution in [-0.4, -0.2) is 39.4 Å². The largest absolute Gasteiger partial charge is 0.451 e. The average Bonchev–Trinajstić information content (AvgIpc) is 3.25. The summed E-state index contributed by atoms with van der Waals surface area (Å²) in [4.78, 5) is 24.3. The van der Waals surface area contributed by atoms with Crippen molar-refractivity contribution in [3.05, 3.63) is 89.4 Å². The summed E-state index contributed by atoms with van der Waals surface area (Å²) in [5.74, 6) is 0.728. The average molecular weight is 473 g/mol. The molecule has 5 rings (SSSR count). The van der Waals surface area contributed by atoms with Gasteiger partial charge in [0.25, 0.3) is 5.91 Å². The number of hydrogen-bond acceptors (Lipinski definition) is 6. The zero-order valence-corrected chi connectivity index (χ0v) is 20.3. The second-order valence-electron chi connectivity index (χ2n) is 9.16. The Labute approximate surface area is 203 Å². The van der Waals surface area contributed by atoms with Crippen molar-refractivity contribution in [1.82, 2.24) is 20.2 Å². The minimum absolute atomic E-state index is 0.189. The van der Waals surface area contributed by atoms with Crippen LogP contribution in [0.4, 0.5) is 0 Å². The van der Waals surface area contributed by atoms with Gasteiger partial charge in [0.15, 0.2) is 10.9 Å². The van der Waals surface area contributed by atoms with E-state index in [0.29, 0.717) is 28.8 Å². The van der Waals surface area contributed by atoms with Crippen LogP contribution in [0, 0.1) is 0 Å². The predicted octanol–water partition coefficient (Wildman–Crippen LogP) is 5.08. The summed E-state index contributed by atoms with van der Waals surface area (Å²) in [5.41, 5.74) is 4.18. The lowest BCUT2D eigenvalue weighted by molar-refractivity contribution is 0.0806. The van der Waals surface area contributed by atoms with Gasteiger partial charge >= 0.3 is 0 Å². The van der Waals surface area contributed by atoms with E-state index in [9.17, 15) is 4.79 Å². The smallest absolute Gasteiger partial charge is 0.287 e. The first-order valence-corrected chi connectivity index (χ1v) is 12.5. The van der Waals surface area contributed by atoms with Gasteiger partial charge < -0.3 is 9.73 Å². The number of nitrogens with zero attached hydrogens (tertiary/aromatic N) is 3. The minimum Gasteiger partial charge on any atom is -0.451 e. The van der Waals surface area contributed by atoms with Crippen molar-refractivity contribution in [2.45, 2.75) is 43.3 Å². The lowest BCUT2D eigenvalue weighted by Crippen LogP contribution is -2.53. The fourth-order valence-electron chi connectivity index (χ4n) is 4.42. The molecule has 1 aliphatic heterocycles. The summed E-state index contributed by atoms with van der Waals surface area (Å²) in [6.45, 7) is 6.76. The van der Waals surface area contributed by atoms with Crippen LogP contribution in [0.5, 0.6) is 0 Å². The second-order valence-corrected chi connectivity index (χ2v) is 10.1. The quantitative estimate of drug-likeness (QED) is 0.299. The van der Waals surface area contributed by atoms with Crippen LogP contribution in [0.1, 0.15) is 41.1 Å². The van der Waals surface area contributed by atoms with E-state index >= 15 is 0 Å². The molecule has 0 spiro atoms. The number of thioether (sulfide) groups is 1. The first-order valence-electron chi connectivity index (χ1n) is 11.5.